The largest absolute Gasteiger partial charge is 0.323 e. The molecular formula is C15H30N2O. The first-order valence-electron chi connectivity index (χ1n) is 7.41. The second kappa shape index (κ2) is 6.05. The Morgan fingerprint density at radius 1 is 1.33 bits per heavy atom. The van der Waals surface area contributed by atoms with Gasteiger partial charge in [0, 0.05) is 6.04 Å². The molecular weight excluding hydrogens is 224 g/mol. The minimum atomic E-state index is 0.0414. The molecule has 106 valence electrons. The van der Waals surface area contributed by atoms with Crippen molar-refractivity contribution in [3.8, 4) is 0 Å². The molecule has 1 heterocycles. The van der Waals surface area contributed by atoms with Crippen LogP contribution in [0.15, 0.2) is 0 Å². The first kappa shape index (κ1) is 15.5. The van der Waals surface area contributed by atoms with Gasteiger partial charge in [-0.1, -0.05) is 47.5 Å². The fourth-order valence-corrected chi connectivity index (χ4v) is 2.52. The Kier molecular flexibility index (Phi) is 5.20. The van der Waals surface area contributed by atoms with Gasteiger partial charge in [0.05, 0.1) is 12.2 Å². The van der Waals surface area contributed by atoms with Crippen molar-refractivity contribution in [2.45, 2.75) is 85.5 Å². The average molecular weight is 254 g/mol. The van der Waals surface area contributed by atoms with Crippen molar-refractivity contribution in [3.63, 3.8) is 0 Å². The summed E-state index contributed by atoms with van der Waals surface area (Å²) in [4.78, 5) is 14.6. The van der Waals surface area contributed by atoms with Gasteiger partial charge in [0.2, 0.25) is 5.91 Å². The van der Waals surface area contributed by atoms with Gasteiger partial charge in [-0.25, -0.2) is 0 Å². The first-order chi connectivity index (χ1) is 8.32. The van der Waals surface area contributed by atoms with E-state index in [1.54, 1.807) is 0 Å². The third kappa shape index (κ3) is 3.25. The Morgan fingerprint density at radius 2 is 1.94 bits per heavy atom. The number of nitrogens with one attached hydrogen (secondary N) is 1. The molecule has 0 radical (unpaired) electrons. The summed E-state index contributed by atoms with van der Waals surface area (Å²) in [5.74, 6) is 0.303. The smallest absolute Gasteiger partial charge is 0.241 e. The zero-order valence-corrected chi connectivity index (χ0v) is 12.9. The van der Waals surface area contributed by atoms with E-state index in [0.29, 0.717) is 5.91 Å². The number of rotatable bonds is 5. The normalized spacial score (nSPS) is 26.8. The molecule has 3 unspecified atom stereocenters. The van der Waals surface area contributed by atoms with Crippen LogP contribution < -0.4 is 5.32 Å². The number of carbonyl (C=O) groups is 1. The van der Waals surface area contributed by atoms with E-state index in [9.17, 15) is 4.79 Å². The maximum Gasteiger partial charge on any atom is 0.241 e. The molecule has 3 heteroatoms. The van der Waals surface area contributed by atoms with Gasteiger partial charge in [0.1, 0.15) is 0 Å². The second-order valence-corrected chi connectivity index (χ2v) is 6.57. The van der Waals surface area contributed by atoms with Crippen molar-refractivity contribution in [2.75, 3.05) is 0 Å². The average Bonchev–Trinajstić information content (AvgIpc) is 2.61. The fraction of sp³-hybridized carbons (Fsp3) is 0.933. The lowest BCUT2D eigenvalue weighted by molar-refractivity contribution is -0.134. The van der Waals surface area contributed by atoms with Crippen molar-refractivity contribution in [3.05, 3.63) is 0 Å². The Hall–Kier alpha value is -0.570. The molecule has 3 nitrogen and oxygen atoms in total. The van der Waals surface area contributed by atoms with E-state index >= 15 is 0 Å². The van der Waals surface area contributed by atoms with Crippen molar-refractivity contribution in [1.29, 1.82) is 0 Å². The van der Waals surface area contributed by atoms with Crippen LogP contribution in [0.2, 0.25) is 0 Å². The Morgan fingerprint density at radius 3 is 2.39 bits per heavy atom. The summed E-state index contributed by atoms with van der Waals surface area (Å²) in [6.45, 7) is 13.1. The molecule has 18 heavy (non-hydrogen) atoms. The minimum Gasteiger partial charge on any atom is -0.323 e. The molecule has 1 amide bonds. The molecule has 0 bridgehead atoms. The van der Waals surface area contributed by atoms with Gasteiger partial charge in [-0.3, -0.25) is 10.1 Å². The Bertz CT molecular complexity index is 283. The SMILES string of the molecule is CCCCC1NC(CC)N(C(C)C(C)(C)C)C1=O. The van der Waals surface area contributed by atoms with Crippen LogP contribution in [-0.4, -0.2) is 29.1 Å². The van der Waals surface area contributed by atoms with Crippen LogP contribution in [0.1, 0.15) is 67.2 Å². The highest BCUT2D eigenvalue weighted by atomic mass is 16.2. The molecule has 0 aromatic heterocycles. The highest BCUT2D eigenvalue weighted by Gasteiger charge is 2.42. The van der Waals surface area contributed by atoms with Crippen LogP contribution in [0.25, 0.3) is 0 Å². The van der Waals surface area contributed by atoms with E-state index in [1.165, 1.54) is 0 Å². The molecule has 1 aliphatic rings. The van der Waals surface area contributed by atoms with Gasteiger partial charge in [0.15, 0.2) is 0 Å². The summed E-state index contributed by atoms with van der Waals surface area (Å²) in [6.07, 6.45) is 4.44. The molecule has 0 aliphatic carbocycles. The predicted octanol–water partition coefficient (Wildman–Crippen LogP) is 3.15. The zero-order chi connectivity index (χ0) is 13.9. The van der Waals surface area contributed by atoms with Gasteiger partial charge >= 0.3 is 0 Å². The van der Waals surface area contributed by atoms with E-state index in [1.807, 2.05) is 0 Å². The number of carbonyl (C=O) groups excluding carboxylic acids is 1. The lowest BCUT2D eigenvalue weighted by Crippen LogP contribution is -2.48. The lowest BCUT2D eigenvalue weighted by atomic mass is 9.86. The Balaban J connectivity index is 2.79. The highest BCUT2D eigenvalue weighted by Crippen LogP contribution is 2.29. The molecule has 1 fully saturated rings. The topological polar surface area (TPSA) is 32.3 Å². The molecule has 0 aromatic carbocycles. The van der Waals surface area contributed by atoms with Gasteiger partial charge in [-0.15, -0.1) is 0 Å². The van der Waals surface area contributed by atoms with Crippen LogP contribution in [0.5, 0.6) is 0 Å². The summed E-state index contributed by atoms with van der Waals surface area (Å²) in [5, 5.41) is 3.50. The first-order valence-corrected chi connectivity index (χ1v) is 7.41. The lowest BCUT2D eigenvalue weighted by Gasteiger charge is -2.38. The van der Waals surface area contributed by atoms with E-state index in [2.05, 4.69) is 51.8 Å². The third-order valence-corrected chi connectivity index (χ3v) is 4.19. The van der Waals surface area contributed by atoms with E-state index in [0.717, 1.165) is 25.7 Å². The van der Waals surface area contributed by atoms with E-state index < -0.39 is 0 Å². The standard InChI is InChI=1S/C15H30N2O/c1-7-9-10-12-14(18)17(13(8-2)16-12)11(3)15(4,5)6/h11-13,16H,7-10H2,1-6H3. The number of unbranched alkanes of at least 4 members (excludes halogenated alkanes) is 1. The number of amides is 1. The zero-order valence-electron chi connectivity index (χ0n) is 12.9. The second-order valence-electron chi connectivity index (χ2n) is 6.57. The van der Waals surface area contributed by atoms with Crippen LogP contribution in [0.4, 0.5) is 0 Å². The monoisotopic (exact) mass is 254 g/mol. The molecule has 1 rings (SSSR count). The maximum absolute atomic E-state index is 12.5. The molecule has 3 atom stereocenters. The Labute approximate surface area is 112 Å². The fourth-order valence-electron chi connectivity index (χ4n) is 2.52. The van der Waals surface area contributed by atoms with Gasteiger partial charge in [-0.05, 0) is 25.2 Å². The summed E-state index contributed by atoms with van der Waals surface area (Å²) in [7, 11) is 0. The molecule has 0 aromatic rings. The van der Waals surface area contributed by atoms with Crippen LogP contribution in [-0.2, 0) is 4.79 Å². The van der Waals surface area contributed by atoms with Crippen molar-refractivity contribution in [1.82, 2.24) is 10.2 Å². The van der Waals surface area contributed by atoms with Crippen molar-refractivity contribution >= 4 is 5.91 Å². The summed E-state index contributed by atoms with van der Waals surface area (Å²) in [6, 6.07) is 0.314. The van der Waals surface area contributed by atoms with Crippen LogP contribution in [0.3, 0.4) is 0 Å². The number of nitrogens with zero attached hydrogens (tertiary/aromatic N) is 1. The van der Waals surface area contributed by atoms with Crippen molar-refractivity contribution < 1.29 is 4.79 Å². The van der Waals surface area contributed by atoms with Crippen LogP contribution in [0, 0.1) is 5.41 Å². The third-order valence-electron chi connectivity index (χ3n) is 4.19. The van der Waals surface area contributed by atoms with Gasteiger partial charge < -0.3 is 4.90 Å². The summed E-state index contributed by atoms with van der Waals surface area (Å²) < 4.78 is 0. The molecule has 1 aliphatic heterocycles. The summed E-state index contributed by atoms with van der Waals surface area (Å²) in [5.41, 5.74) is 0.129. The van der Waals surface area contributed by atoms with Crippen molar-refractivity contribution in [2.24, 2.45) is 5.41 Å². The van der Waals surface area contributed by atoms with E-state index in [-0.39, 0.29) is 23.7 Å². The molecule has 0 spiro atoms. The number of hydrogen-bond acceptors (Lipinski definition) is 2. The minimum absolute atomic E-state index is 0.0414. The number of hydrogen-bond donors (Lipinski definition) is 1. The van der Waals surface area contributed by atoms with Crippen LogP contribution >= 0.6 is 0 Å². The quantitative estimate of drug-likeness (QED) is 0.817. The maximum atomic E-state index is 12.5. The molecule has 1 N–H and O–H groups in total. The van der Waals surface area contributed by atoms with Gasteiger partial charge in [0.25, 0.3) is 0 Å². The predicted molar refractivity (Wildman–Crippen MR) is 76.3 cm³/mol. The highest BCUT2D eigenvalue weighted by molar-refractivity contribution is 5.84. The molecule has 1 saturated heterocycles. The van der Waals surface area contributed by atoms with Gasteiger partial charge in [-0.2, -0.15) is 0 Å². The molecule has 0 saturated carbocycles. The van der Waals surface area contributed by atoms with E-state index in [4.69, 9.17) is 0 Å². The summed E-state index contributed by atoms with van der Waals surface area (Å²) >= 11 is 0.